The number of hydrogen-bond donors (Lipinski definition) is 1. The Morgan fingerprint density at radius 3 is 2.68 bits per heavy atom. The predicted molar refractivity (Wildman–Crippen MR) is 79.1 cm³/mol. The lowest BCUT2D eigenvalue weighted by Crippen LogP contribution is -2.12. The van der Waals surface area contributed by atoms with Crippen molar-refractivity contribution in [2.75, 3.05) is 25.6 Å². The Labute approximate surface area is 122 Å². The van der Waals surface area contributed by atoms with Crippen LogP contribution in [-0.4, -0.2) is 25.8 Å². The second-order valence-electron chi connectivity index (χ2n) is 4.67. The highest BCUT2D eigenvalue weighted by atomic mass is 79.9. The van der Waals surface area contributed by atoms with Crippen LogP contribution in [0.15, 0.2) is 22.7 Å². The van der Waals surface area contributed by atoms with Gasteiger partial charge in [-0.15, -0.1) is 0 Å². The molecule has 0 fully saturated rings. The van der Waals surface area contributed by atoms with Crippen molar-refractivity contribution < 1.29 is 14.3 Å². The van der Waals surface area contributed by atoms with E-state index in [1.54, 1.807) is 18.2 Å². The number of anilines is 1. The molecule has 5 heteroatoms. The van der Waals surface area contributed by atoms with E-state index in [9.17, 15) is 4.79 Å². The summed E-state index contributed by atoms with van der Waals surface area (Å²) in [5.41, 5.74) is 6.67. The van der Waals surface area contributed by atoms with Gasteiger partial charge in [-0.1, -0.05) is 13.8 Å². The first-order valence-electron chi connectivity index (χ1n) is 6.30. The maximum Gasteiger partial charge on any atom is 0.338 e. The fourth-order valence-electron chi connectivity index (χ4n) is 1.37. The van der Waals surface area contributed by atoms with Gasteiger partial charge in [0.05, 0.1) is 12.2 Å². The number of carbonyl (C=O) groups excluding carboxylic acids is 1. The van der Waals surface area contributed by atoms with Gasteiger partial charge in [-0.25, -0.2) is 4.79 Å². The molecule has 0 amide bonds. The van der Waals surface area contributed by atoms with Crippen molar-refractivity contribution in [3.63, 3.8) is 0 Å². The molecule has 0 aliphatic heterocycles. The summed E-state index contributed by atoms with van der Waals surface area (Å²) in [4.78, 5) is 11.7. The van der Waals surface area contributed by atoms with E-state index in [0.29, 0.717) is 30.4 Å². The highest BCUT2D eigenvalue weighted by Crippen LogP contribution is 2.20. The van der Waals surface area contributed by atoms with Crippen LogP contribution in [0.5, 0.6) is 0 Å². The highest BCUT2D eigenvalue weighted by molar-refractivity contribution is 9.10. The molecule has 0 spiro atoms. The second kappa shape index (κ2) is 8.17. The molecule has 4 nitrogen and oxygen atoms in total. The smallest absolute Gasteiger partial charge is 0.338 e. The molecule has 0 saturated heterocycles. The molecule has 0 bridgehead atoms. The standard InChI is InChI=1S/C14H20BrNO3/c1-10(2)5-6-18-7-8-19-14(17)11-3-4-12(15)13(16)9-11/h3-4,9-10H,5-8,16H2,1-2H3. The number of halogens is 1. The summed E-state index contributed by atoms with van der Waals surface area (Å²) >= 11 is 3.27. The van der Waals surface area contributed by atoms with E-state index in [0.717, 1.165) is 10.9 Å². The number of esters is 1. The summed E-state index contributed by atoms with van der Waals surface area (Å²) in [6.45, 7) is 5.65. The van der Waals surface area contributed by atoms with Gasteiger partial charge >= 0.3 is 5.97 Å². The van der Waals surface area contributed by atoms with Crippen molar-refractivity contribution in [1.82, 2.24) is 0 Å². The predicted octanol–water partition coefficient (Wildman–Crippen LogP) is 3.25. The van der Waals surface area contributed by atoms with E-state index in [-0.39, 0.29) is 12.6 Å². The SMILES string of the molecule is CC(C)CCOCCOC(=O)c1ccc(Br)c(N)c1. The molecule has 0 aliphatic carbocycles. The number of nitrogens with two attached hydrogens (primary N) is 1. The van der Waals surface area contributed by atoms with E-state index in [2.05, 4.69) is 29.8 Å². The van der Waals surface area contributed by atoms with Gasteiger partial charge in [0.25, 0.3) is 0 Å². The van der Waals surface area contributed by atoms with Gasteiger partial charge < -0.3 is 15.2 Å². The Morgan fingerprint density at radius 1 is 1.32 bits per heavy atom. The molecule has 0 radical (unpaired) electrons. The molecule has 1 rings (SSSR count). The minimum absolute atomic E-state index is 0.257. The number of hydrogen-bond acceptors (Lipinski definition) is 4. The molecule has 0 heterocycles. The van der Waals surface area contributed by atoms with Crippen LogP contribution in [0.2, 0.25) is 0 Å². The average Bonchev–Trinajstić information content (AvgIpc) is 2.36. The summed E-state index contributed by atoms with van der Waals surface area (Å²) in [7, 11) is 0. The van der Waals surface area contributed by atoms with Gasteiger partial charge in [0.2, 0.25) is 0 Å². The normalized spacial score (nSPS) is 10.7. The fraction of sp³-hybridized carbons (Fsp3) is 0.500. The maximum absolute atomic E-state index is 11.7. The van der Waals surface area contributed by atoms with Crippen LogP contribution in [-0.2, 0) is 9.47 Å². The van der Waals surface area contributed by atoms with Gasteiger partial charge in [-0.2, -0.15) is 0 Å². The Kier molecular flexibility index (Phi) is 6.87. The van der Waals surface area contributed by atoms with Crippen LogP contribution in [0.1, 0.15) is 30.6 Å². The molecule has 106 valence electrons. The third-order valence-corrected chi connectivity index (χ3v) is 3.25. The molecule has 0 unspecified atom stereocenters. The Bertz CT molecular complexity index is 421. The van der Waals surface area contributed by atoms with Crippen molar-refractivity contribution in [1.29, 1.82) is 0 Å². The molecule has 2 N–H and O–H groups in total. The summed E-state index contributed by atoms with van der Waals surface area (Å²) in [5, 5.41) is 0. The summed E-state index contributed by atoms with van der Waals surface area (Å²) in [6.07, 6.45) is 1.01. The summed E-state index contributed by atoms with van der Waals surface area (Å²) < 4.78 is 11.2. The Hall–Kier alpha value is -1.07. The van der Waals surface area contributed by atoms with E-state index in [4.69, 9.17) is 15.2 Å². The van der Waals surface area contributed by atoms with E-state index in [1.807, 2.05) is 0 Å². The van der Waals surface area contributed by atoms with Crippen LogP contribution in [0.4, 0.5) is 5.69 Å². The lowest BCUT2D eigenvalue weighted by Gasteiger charge is -2.08. The summed E-state index contributed by atoms with van der Waals surface area (Å²) in [6, 6.07) is 4.99. The van der Waals surface area contributed by atoms with E-state index < -0.39 is 0 Å². The van der Waals surface area contributed by atoms with E-state index in [1.165, 1.54) is 0 Å². The van der Waals surface area contributed by atoms with Crippen molar-refractivity contribution in [2.45, 2.75) is 20.3 Å². The lowest BCUT2D eigenvalue weighted by molar-refractivity contribution is 0.0303. The van der Waals surface area contributed by atoms with Crippen LogP contribution in [0.3, 0.4) is 0 Å². The van der Waals surface area contributed by atoms with Crippen molar-refractivity contribution in [2.24, 2.45) is 5.92 Å². The van der Waals surface area contributed by atoms with Gasteiger partial charge in [0, 0.05) is 16.8 Å². The topological polar surface area (TPSA) is 61.5 Å². The number of benzene rings is 1. The monoisotopic (exact) mass is 329 g/mol. The van der Waals surface area contributed by atoms with Gasteiger partial charge in [-0.05, 0) is 46.5 Å². The number of ether oxygens (including phenoxy) is 2. The second-order valence-corrected chi connectivity index (χ2v) is 5.52. The third-order valence-electron chi connectivity index (χ3n) is 2.53. The number of rotatable bonds is 7. The lowest BCUT2D eigenvalue weighted by atomic mass is 10.1. The van der Waals surface area contributed by atoms with Crippen LogP contribution in [0, 0.1) is 5.92 Å². The first-order valence-corrected chi connectivity index (χ1v) is 7.10. The fourth-order valence-corrected chi connectivity index (χ4v) is 1.62. The molecule has 19 heavy (non-hydrogen) atoms. The molecule has 1 aromatic carbocycles. The molecule has 0 aromatic heterocycles. The molecule has 0 aliphatic rings. The molecule has 0 atom stereocenters. The van der Waals surface area contributed by atoms with Crippen LogP contribution < -0.4 is 5.73 Å². The minimum Gasteiger partial charge on any atom is -0.460 e. The minimum atomic E-state index is -0.383. The molecular weight excluding hydrogens is 310 g/mol. The molecule has 1 aromatic rings. The Morgan fingerprint density at radius 2 is 2.05 bits per heavy atom. The molecule has 0 saturated carbocycles. The van der Waals surface area contributed by atoms with Gasteiger partial charge in [0.1, 0.15) is 6.61 Å². The zero-order chi connectivity index (χ0) is 14.3. The number of nitrogen functional groups attached to an aromatic ring is 1. The van der Waals surface area contributed by atoms with Crippen molar-refractivity contribution in [3.05, 3.63) is 28.2 Å². The highest BCUT2D eigenvalue weighted by Gasteiger charge is 2.08. The largest absolute Gasteiger partial charge is 0.460 e. The average molecular weight is 330 g/mol. The summed E-state index contributed by atoms with van der Waals surface area (Å²) in [5.74, 6) is 0.236. The van der Waals surface area contributed by atoms with Crippen molar-refractivity contribution in [3.8, 4) is 0 Å². The third kappa shape index (κ3) is 6.07. The van der Waals surface area contributed by atoms with Crippen LogP contribution >= 0.6 is 15.9 Å². The van der Waals surface area contributed by atoms with Gasteiger partial charge in [-0.3, -0.25) is 0 Å². The Balaban J connectivity index is 2.26. The first-order chi connectivity index (χ1) is 9.00. The molecular formula is C14H20BrNO3. The zero-order valence-electron chi connectivity index (χ0n) is 11.3. The van der Waals surface area contributed by atoms with Gasteiger partial charge in [0.15, 0.2) is 0 Å². The zero-order valence-corrected chi connectivity index (χ0v) is 12.9. The maximum atomic E-state index is 11.7. The quantitative estimate of drug-likeness (QED) is 0.474. The van der Waals surface area contributed by atoms with Crippen molar-refractivity contribution >= 4 is 27.6 Å². The van der Waals surface area contributed by atoms with Crippen LogP contribution in [0.25, 0.3) is 0 Å². The van der Waals surface area contributed by atoms with E-state index >= 15 is 0 Å². The number of carbonyl (C=O) groups is 1. The first kappa shape index (κ1) is 16.0.